The standard InChI is InChI=1S/C11H15NO/c12-11(8-10(11)13)7-6-9-4-2-1-3-5-9/h1-5,10,13H,6-8,12H2/t10-,11?/m1/s1. The molecule has 0 saturated heterocycles. The number of aryl methyl sites for hydroxylation is 1. The fraction of sp³-hybridized carbons (Fsp3) is 0.455. The van der Waals surface area contributed by atoms with Gasteiger partial charge in [0.05, 0.1) is 6.10 Å². The summed E-state index contributed by atoms with van der Waals surface area (Å²) in [6.45, 7) is 0. The van der Waals surface area contributed by atoms with Crippen LogP contribution in [0, 0.1) is 0 Å². The van der Waals surface area contributed by atoms with Gasteiger partial charge in [-0.1, -0.05) is 30.3 Å². The lowest BCUT2D eigenvalue weighted by molar-refractivity contribution is 0.244. The van der Waals surface area contributed by atoms with E-state index >= 15 is 0 Å². The molecule has 1 aromatic carbocycles. The molecule has 2 atom stereocenters. The molecule has 1 aromatic rings. The van der Waals surface area contributed by atoms with Crippen LogP contribution in [0.25, 0.3) is 0 Å². The fourth-order valence-electron chi connectivity index (χ4n) is 1.59. The van der Waals surface area contributed by atoms with Crippen LogP contribution in [0.3, 0.4) is 0 Å². The van der Waals surface area contributed by atoms with Crippen LogP contribution in [0.5, 0.6) is 0 Å². The Morgan fingerprint density at radius 1 is 1.38 bits per heavy atom. The van der Waals surface area contributed by atoms with E-state index in [-0.39, 0.29) is 11.6 Å². The smallest absolute Gasteiger partial charge is 0.0739 e. The van der Waals surface area contributed by atoms with Gasteiger partial charge in [-0.05, 0) is 24.8 Å². The molecule has 1 aliphatic carbocycles. The number of hydrogen-bond acceptors (Lipinski definition) is 2. The predicted octanol–water partition coefficient (Wildman–Crippen LogP) is 1.08. The number of aliphatic hydroxyl groups excluding tert-OH is 1. The Bertz CT molecular complexity index is 285. The third-order valence-corrected chi connectivity index (χ3v) is 2.80. The second kappa shape index (κ2) is 3.13. The van der Waals surface area contributed by atoms with Crippen molar-refractivity contribution in [2.75, 3.05) is 0 Å². The lowest BCUT2D eigenvalue weighted by atomic mass is 10.0. The van der Waals surface area contributed by atoms with Gasteiger partial charge in [-0.3, -0.25) is 0 Å². The number of nitrogens with two attached hydrogens (primary N) is 1. The predicted molar refractivity (Wildman–Crippen MR) is 52.3 cm³/mol. The van der Waals surface area contributed by atoms with Crippen LogP contribution in [0.15, 0.2) is 30.3 Å². The van der Waals surface area contributed by atoms with Crippen molar-refractivity contribution in [3.8, 4) is 0 Å². The van der Waals surface area contributed by atoms with Crippen molar-refractivity contribution in [3.63, 3.8) is 0 Å². The first kappa shape index (κ1) is 8.73. The number of rotatable bonds is 3. The first-order chi connectivity index (χ1) is 6.21. The summed E-state index contributed by atoms with van der Waals surface area (Å²) in [5, 5.41) is 9.24. The molecule has 0 aliphatic heterocycles. The summed E-state index contributed by atoms with van der Waals surface area (Å²) in [4.78, 5) is 0. The van der Waals surface area contributed by atoms with E-state index in [0.717, 1.165) is 19.3 Å². The van der Waals surface area contributed by atoms with Crippen LogP contribution < -0.4 is 5.73 Å². The van der Waals surface area contributed by atoms with Crippen molar-refractivity contribution in [2.45, 2.75) is 30.9 Å². The van der Waals surface area contributed by atoms with Crippen molar-refractivity contribution < 1.29 is 5.11 Å². The highest BCUT2D eigenvalue weighted by atomic mass is 16.3. The van der Waals surface area contributed by atoms with E-state index in [4.69, 9.17) is 5.73 Å². The van der Waals surface area contributed by atoms with Gasteiger partial charge in [-0.25, -0.2) is 0 Å². The molecule has 0 heterocycles. The number of benzene rings is 1. The van der Waals surface area contributed by atoms with Gasteiger partial charge in [0.2, 0.25) is 0 Å². The third kappa shape index (κ3) is 1.90. The Morgan fingerprint density at radius 2 is 2.00 bits per heavy atom. The first-order valence-electron chi connectivity index (χ1n) is 4.72. The molecular formula is C11H15NO. The van der Waals surface area contributed by atoms with Gasteiger partial charge in [0.1, 0.15) is 0 Å². The topological polar surface area (TPSA) is 46.2 Å². The normalized spacial score (nSPS) is 31.7. The van der Waals surface area contributed by atoms with E-state index in [1.165, 1.54) is 5.56 Å². The third-order valence-electron chi connectivity index (χ3n) is 2.80. The quantitative estimate of drug-likeness (QED) is 0.725. The van der Waals surface area contributed by atoms with Crippen LogP contribution in [0.2, 0.25) is 0 Å². The highest BCUT2D eigenvalue weighted by Crippen LogP contribution is 2.37. The van der Waals surface area contributed by atoms with E-state index in [1.807, 2.05) is 18.2 Å². The molecule has 2 heteroatoms. The second-order valence-electron chi connectivity index (χ2n) is 3.94. The minimum Gasteiger partial charge on any atom is -0.391 e. The fourth-order valence-corrected chi connectivity index (χ4v) is 1.59. The molecule has 3 N–H and O–H groups in total. The summed E-state index contributed by atoms with van der Waals surface area (Å²) in [5.41, 5.74) is 6.90. The van der Waals surface area contributed by atoms with Gasteiger partial charge >= 0.3 is 0 Å². The van der Waals surface area contributed by atoms with Gasteiger partial charge in [-0.2, -0.15) is 0 Å². The zero-order chi connectivity index (χ0) is 9.31. The van der Waals surface area contributed by atoms with Crippen LogP contribution >= 0.6 is 0 Å². The van der Waals surface area contributed by atoms with Gasteiger partial charge in [-0.15, -0.1) is 0 Å². The second-order valence-corrected chi connectivity index (χ2v) is 3.94. The van der Waals surface area contributed by atoms with E-state index in [0.29, 0.717) is 0 Å². The van der Waals surface area contributed by atoms with Gasteiger partial charge in [0, 0.05) is 5.54 Å². The van der Waals surface area contributed by atoms with Crippen molar-refractivity contribution in [2.24, 2.45) is 5.73 Å². The van der Waals surface area contributed by atoms with Crippen LogP contribution in [0.4, 0.5) is 0 Å². The Balaban J connectivity index is 1.87. The lowest BCUT2D eigenvalue weighted by Gasteiger charge is -2.08. The average molecular weight is 177 g/mol. The molecule has 0 aromatic heterocycles. The molecule has 1 unspecified atom stereocenters. The molecule has 70 valence electrons. The van der Waals surface area contributed by atoms with Crippen LogP contribution in [0.1, 0.15) is 18.4 Å². The molecule has 0 amide bonds. The van der Waals surface area contributed by atoms with Crippen molar-refractivity contribution in [1.82, 2.24) is 0 Å². The Morgan fingerprint density at radius 3 is 2.54 bits per heavy atom. The molecule has 2 rings (SSSR count). The maximum atomic E-state index is 9.24. The summed E-state index contributed by atoms with van der Waals surface area (Å²) in [5.74, 6) is 0. The highest BCUT2D eigenvalue weighted by Gasteiger charge is 2.49. The lowest BCUT2D eigenvalue weighted by Crippen LogP contribution is -2.27. The summed E-state index contributed by atoms with van der Waals surface area (Å²) in [6.07, 6.45) is 2.35. The van der Waals surface area contributed by atoms with Gasteiger partial charge < -0.3 is 10.8 Å². The molecule has 1 fully saturated rings. The molecule has 2 nitrogen and oxygen atoms in total. The Kier molecular flexibility index (Phi) is 2.10. The van der Waals surface area contributed by atoms with E-state index < -0.39 is 0 Å². The first-order valence-corrected chi connectivity index (χ1v) is 4.72. The Labute approximate surface area is 78.4 Å². The van der Waals surface area contributed by atoms with Crippen molar-refractivity contribution in [1.29, 1.82) is 0 Å². The average Bonchev–Trinajstić information content (AvgIpc) is 2.74. The zero-order valence-electron chi connectivity index (χ0n) is 7.61. The zero-order valence-corrected chi connectivity index (χ0v) is 7.61. The van der Waals surface area contributed by atoms with Crippen LogP contribution in [-0.2, 0) is 6.42 Å². The highest BCUT2D eigenvalue weighted by molar-refractivity contribution is 5.17. The Hall–Kier alpha value is -0.860. The molecule has 1 saturated carbocycles. The minimum absolute atomic E-state index is 0.267. The SMILES string of the molecule is NC1(CCc2ccccc2)C[C@H]1O. The van der Waals surface area contributed by atoms with E-state index in [2.05, 4.69) is 12.1 Å². The van der Waals surface area contributed by atoms with Crippen molar-refractivity contribution in [3.05, 3.63) is 35.9 Å². The van der Waals surface area contributed by atoms with Crippen LogP contribution in [-0.4, -0.2) is 16.7 Å². The minimum atomic E-state index is -0.282. The van der Waals surface area contributed by atoms with Crippen molar-refractivity contribution >= 4 is 0 Å². The van der Waals surface area contributed by atoms with E-state index in [1.54, 1.807) is 0 Å². The monoisotopic (exact) mass is 177 g/mol. The molecule has 1 aliphatic rings. The summed E-state index contributed by atoms with van der Waals surface area (Å²) < 4.78 is 0. The largest absolute Gasteiger partial charge is 0.391 e. The summed E-state index contributed by atoms with van der Waals surface area (Å²) in [7, 11) is 0. The maximum Gasteiger partial charge on any atom is 0.0739 e. The molecule has 0 spiro atoms. The summed E-state index contributed by atoms with van der Waals surface area (Å²) in [6, 6.07) is 10.3. The molecule has 13 heavy (non-hydrogen) atoms. The maximum absolute atomic E-state index is 9.24. The van der Waals surface area contributed by atoms with Gasteiger partial charge in [0.15, 0.2) is 0 Å². The number of aliphatic hydroxyl groups is 1. The molecular weight excluding hydrogens is 162 g/mol. The van der Waals surface area contributed by atoms with E-state index in [9.17, 15) is 5.11 Å². The van der Waals surface area contributed by atoms with Gasteiger partial charge in [0.25, 0.3) is 0 Å². The molecule has 0 bridgehead atoms. The number of hydrogen-bond donors (Lipinski definition) is 2. The summed E-state index contributed by atoms with van der Waals surface area (Å²) >= 11 is 0. The molecule has 0 radical (unpaired) electrons.